The highest BCUT2D eigenvalue weighted by Crippen LogP contribution is 2.32. The molecule has 3 aromatic rings. The number of alkyl halides is 5. The van der Waals surface area contributed by atoms with Crippen LogP contribution in [0, 0.1) is 5.92 Å². The standard InChI is InChI=1S/C32H29Cl3F5N3O5/c1-17(2)26(28(45)32(39,40)30(47)41-16-31(36,37)38)43-29(46)27(18-7-4-3-5-8-18)42-25(44)15-24(19-11-12-22(34)23(35)13-19)48-21-10-6-9-20(33)14-21/h3-14,17,24,26-27H,15-16H2,1-2H3,(H,41,47)(H,42,44)(H,43,46)/t24?,26-,27-/m0/s1. The van der Waals surface area contributed by atoms with Crippen LogP contribution in [0.4, 0.5) is 22.0 Å². The highest BCUT2D eigenvalue weighted by atomic mass is 35.5. The van der Waals surface area contributed by atoms with Gasteiger partial charge in [-0.3, -0.25) is 19.2 Å². The Morgan fingerprint density at radius 2 is 1.46 bits per heavy atom. The van der Waals surface area contributed by atoms with Crippen LogP contribution in [0.5, 0.6) is 5.75 Å². The van der Waals surface area contributed by atoms with E-state index < -0.39 is 72.7 Å². The highest BCUT2D eigenvalue weighted by Gasteiger charge is 2.52. The monoisotopic (exact) mass is 735 g/mol. The first-order valence-corrected chi connectivity index (χ1v) is 15.3. The number of Topliss-reactive ketones (excluding diaryl/α,β-unsaturated/α-hetero) is 1. The second-order valence-electron chi connectivity index (χ2n) is 10.8. The molecule has 3 rings (SSSR count). The predicted octanol–water partition coefficient (Wildman–Crippen LogP) is 7.04. The van der Waals surface area contributed by atoms with Gasteiger partial charge >= 0.3 is 12.1 Å². The van der Waals surface area contributed by atoms with Gasteiger partial charge in [-0.2, -0.15) is 22.0 Å². The highest BCUT2D eigenvalue weighted by molar-refractivity contribution is 6.42. The Labute approximate surface area is 287 Å². The molecule has 258 valence electrons. The van der Waals surface area contributed by atoms with E-state index in [2.05, 4.69) is 10.6 Å². The molecule has 0 aromatic heterocycles. The van der Waals surface area contributed by atoms with E-state index in [1.165, 1.54) is 56.3 Å². The maximum Gasteiger partial charge on any atom is 0.405 e. The van der Waals surface area contributed by atoms with Gasteiger partial charge in [0.25, 0.3) is 5.91 Å². The summed E-state index contributed by atoms with van der Waals surface area (Å²) in [6.07, 6.45) is -6.43. The molecule has 0 bridgehead atoms. The average molecular weight is 737 g/mol. The number of ether oxygens (including phenoxy) is 1. The van der Waals surface area contributed by atoms with Gasteiger partial charge in [0.15, 0.2) is 0 Å². The molecule has 0 aliphatic carbocycles. The largest absolute Gasteiger partial charge is 0.485 e. The van der Waals surface area contributed by atoms with Gasteiger partial charge in [0.2, 0.25) is 17.6 Å². The number of ketones is 1. The zero-order chi connectivity index (χ0) is 35.8. The fraction of sp³-hybridized carbons (Fsp3) is 0.312. The first-order valence-electron chi connectivity index (χ1n) is 14.2. The van der Waals surface area contributed by atoms with Crippen LogP contribution in [0.2, 0.25) is 15.1 Å². The number of rotatable bonds is 14. The summed E-state index contributed by atoms with van der Waals surface area (Å²) in [7, 11) is 0. The predicted molar refractivity (Wildman–Crippen MR) is 169 cm³/mol. The van der Waals surface area contributed by atoms with E-state index in [0.29, 0.717) is 16.3 Å². The number of nitrogens with one attached hydrogen (secondary N) is 3. The van der Waals surface area contributed by atoms with Gasteiger partial charge in [0.1, 0.15) is 24.4 Å². The van der Waals surface area contributed by atoms with Crippen LogP contribution in [-0.4, -0.2) is 48.2 Å². The summed E-state index contributed by atoms with van der Waals surface area (Å²) < 4.78 is 73.0. The Bertz CT molecular complexity index is 1630. The smallest absolute Gasteiger partial charge is 0.405 e. The fourth-order valence-electron chi connectivity index (χ4n) is 4.35. The van der Waals surface area contributed by atoms with E-state index in [9.17, 15) is 41.1 Å². The summed E-state index contributed by atoms with van der Waals surface area (Å²) in [5.41, 5.74) is 0.617. The molecule has 3 atom stereocenters. The SMILES string of the molecule is CC(C)[C@H](NC(=O)[C@@H](NC(=O)CC(Oc1cccc(Cl)c1)c1ccc(Cl)c(Cl)c1)c1ccccc1)C(=O)C(F)(F)C(=O)NCC(F)(F)F. The van der Waals surface area contributed by atoms with Gasteiger partial charge in [-0.1, -0.05) is 91.1 Å². The minimum Gasteiger partial charge on any atom is -0.485 e. The molecule has 1 unspecified atom stereocenters. The van der Waals surface area contributed by atoms with Crippen LogP contribution in [0.1, 0.15) is 43.5 Å². The number of hydrogen-bond donors (Lipinski definition) is 3. The lowest BCUT2D eigenvalue weighted by atomic mass is 9.94. The van der Waals surface area contributed by atoms with Crippen LogP contribution in [0.25, 0.3) is 0 Å². The molecule has 0 aliphatic heterocycles. The van der Waals surface area contributed by atoms with Gasteiger partial charge in [-0.15, -0.1) is 0 Å². The molecule has 0 fully saturated rings. The zero-order valence-corrected chi connectivity index (χ0v) is 27.5. The fourth-order valence-corrected chi connectivity index (χ4v) is 4.84. The summed E-state index contributed by atoms with van der Waals surface area (Å²) in [5.74, 6) is -12.2. The topological polar surface area (TPSA) is 114 Å². The molecule has 0 radical (unpaired) electrons. The van der Waals surface area contributed by atoms with Crippen molar-refractivity contribution in [3.05, 3.63) is 99.0 Å². The third kappa shape index (κ3) is 10.8. The summed E-state index contributed by atoms with van der Waals surface area (Å²) in [6.45, 7) is 0.453. The molecule has 8 nitrogen and oxygen atoms in total. The lowest BCUT2D eigenvalue weighted by molar-refractivity contribution is -0.165. The second kappa shape index (κ2) is 16.4. The van der Waals surface area contributed by atoms with Crippen LogP contribution in [0.3, 0.4) is 0 Å². The molecule has 16 heteroatoms. The molecule has 0 heterocycles. The summed E-state index contributed by atoms with van der Waals surface area (Å²) in [4.78, 5) is 51.7. The minimum atomic E-state index is -5.01. The van der Waals surface area contributed by atoms with Gasteiger partial charge in [-0.25, -0.2) is 0 Å². The van der Waals surface area contributed by atoms with Crippen LogP contribution < -0.4 is 20.7 Å². The summed E-state index contributed by atoms with van der Waals surface area (Å²) in [6, 6.07) is 14.9. The van der Waals surface area contributed by atoms with E-state index in [1.807, 2.05) is 0 Å². The summed E-state index contributed by atoms with van der Waals surface area (Å²) in [5, 5.41) is 6.40. The van der Waals surface area contributed by atoms with Crippen LogP contribution >= 0.6 is 34.8 Å². The van der Waals surface area contributed by atoms with E-state index in [4.69, 9.17) is 39.5 Å². The Balaban J connectivity index is 1.87. The summed E-state index contributed by atoms with van der Waals surface area (Å²) >= 11 is 18.3. The van der Waals surface area contributed by atoms with E-state index in [0.717, 1.165) is 5.32 Å². The average Bonchev–Trinajstić information content (AvgIpc) is 3.01. The van der Waals surface area contributed by atoms with Crippen molar-refractivity contribution in [2.24, 2.45) is 5.92 Å². The van der Waals surface area contributed by atoms with Crippen molar-refractivity contribution in [1.29, 1.82) is 0 Å². The maximum absolute atomic E-state index is 14.8. The zero-order valence-electron chi connectivity index (χ0n) is 25.2. The Hall–Kier alpha value is -3.94. The van der Waals surface area contributed by atoms with E-state index in [-0.39, 0.29) is 15.6 Å². The molecule has 3 N–H and O–H groups in total. The third-order valence-corrected chi connectivity index (χ3v) is 7.73. The molecular weight excluding hydrogens is 708 g/mol. The molecule has 0 aliphatic rings. The maximum atomic E-state index is 14.8. The quantitative estimate of drug-likeness (QED) is 0.122. The van der Waals surface area contributed by atoms with E-state index >= 15 is 0 Å². The normalized spacial score (nSPS) is 13.6. The van der Waals surface area contributed by atoms with Gasteiger partial charge < -0.3 is 20.7 Å². The van der Waals surface area contributed by atoms with Crippen molar-refractivity contribution in [2.45, 2.75) is 50.6 Å². The number of benzene rings is 3. The minimum absolute atomic E-state index is 0.170. The van der Waals surface area contributed by atoms with Gasteiger partial charge in [-0.05, 0) is 47.4 Å². The first kappa shape index (κ1) is 38.5. The number of carbonyl (C=O) groups excluding carboxylic acids is 4. The van der Waals surface area contributed by atoms with Crippen molar-refractivity contribution < 1.29 is 45.9 Å². The second-order valence-corrected chi connectivity index (χ2v) is 12.1. The number of carbonyl (C=O) groups is 4. The van der Waals surface area contributed by atoms with Crippen molar-refractivity contribution in [2.75, 3.05) is 6.54 Å². The molecular formula is C32H29Cl3F5N3O5. The van der Waals surface area contributed by atoms with E-state index in [1.54, 1.807) is 30.3 Å². The molecule has 3 aromatic carbocycles. The lowest BCUT2D eigenvalue weighted by Crippen LogP contribution is -2.58. The number of hydrogen-bond acceptors (Lipinski definition) is 5. The molecule has 48 heavy (non-hydrogen) atoms. The number of halogens is 8. The molecule has 0 spiro atoms. The first-order chi connectivity index (χ1) is 22.4. The van der Waals surface area contributed by atoms with Crippen LogP contribution in [-0.2, 0) is 19.2 Å². The van der Waals surface area contributed by atoms with Gasteiger partial charge in [0, 0.05) is 5.02 Å². The Kier molecular flexibility index (Phi) is 13.2. The molecule has 0 saturated heterocycles. The number of amides is 3. The lowest BCUT2D eigenvalue weighted by Gasteiger charge is -2.28. The Morgan fingerprint density at radius 1 is 0.792 bits per heavy atom. The Morgan fingerprint density at radius 3 is 2.04 bits per heavy atom. The van der Waals surface area contributed by atoms with Crippen molar-refractivity contribution in [3.8, 4) is 5.75 Å². The van der Waals surface area contributed by atoms with Gasteiger partial charge in [0.05, 0.1) is 22.5 Å². The van der Waals surface area contributed by atoms with Crippen LogP contribution in [0.15, 0.2) is 72.8 Å². The molecule has 0 saturated carbocycles. The molecule has 3 amide bonds. The third-order valence-electron chi connectivity index (χ3n) is 6.75. The van der Waals surface area contributed by atoms with Crippen molar-refractivity contribution in [1.82, 2.24) is 16.0 Å². The van der Waals surface area contributed by atoms with Crippen molar-refractivity contribution >= 4 is 58.3 Å². The van der Waals surface area contributed by atoms with Crippen molar-refractivity contribution in [3.63, 3.8) is 0 Å².